The van der Waals surface area contributed by atoms with E-state index >= 15 is 0 Å². The Morgan fingerprint density at radius 1 is 1.10 bits per heavy atom. The van der Waals surface area contributed by atoms with Crippen LogP contribution in [0.2, 0.25) is 10.0 Å². The Morgan fingerprint density at radius 2 is 1.83 bits per heavy atom. The van der Waals surface area contributed by atoms with Crippen molar-refractivity contribution in [3.8, 4) is 5.75 Å². The number of pyridine rings is 1. The molecule has 4 rings (SSSR count). The predicted molar refractivity (Wildman–Crippen MR) is 114 cm³/mol. The number of aromatic hydroxyl groups is 1. The molecule has 150 valence electrons. The lowest BCUT2D eigenvalue weighted by atomic mass is 10.0. The van der Waals surface area contributed by atoms with Gasteiger partial charge in [-0.2, -0.15) is 0 Å². The van der Waals surface area contributed by atoms with Crippen LogP contribution < -0.4 is 11.2 Å². The molecule has 0 radical (unpaired) electrons. The van der Waals surface area contributed by atoms with Crippen LogP contribution in [0.25, 0.3) is 11.0 Å². The first-order chi connectivity index (χ1) is 14.3. The Bertz CT molecular complexity index is 1410. The number of H-pyrrole nitrogens is 1. The van der Waals surface area contributed by atoms with Gasteiger partial charge in [0.15, 0.2) is 5.78 Å². The summed E-state index contributed by atoms with van der Waals surface area (Å²) in [7, 11) is 0. The summed E-state index contributed by atoms with van der Waals surface area (Å²) in [5.41, 5.74) is -0.392. The largest absolute Gasteiger partial charge is 0.506 e. The van der Waals surface area contributed by atoms with Crippen LogP contribution in [0.4, 0.5) is 0 Å². The van der Waals surface area contributed by atoms with Gasteiger partial charge in [-0.25, -0.2) is 9.78 Å². The van der Waals surface area contributed by atoms with Gasteiger partial charge in [0.1, 0.15) is 11.4 Å². The first kappa shape index (κ1) is 19.9. The average molecular weight is 442 g/mol. The van der Waals surface area contributed by atoms with Gasteiger partial charge in [0, 0.05) is 16.8 Å². The monoisotopic (exact) mass is 441 g/mol. The van der Waals surface area contributed by atoms with E-state index in [1.807, 2.05) is 30.3 Å². The molecule has 2 N–H and O–H groups in total. The number of phenolic OH excluding ortho intramolecular Hbond substituents is 1. The number of carbonyl (C=O) groups is 1. The number of hydrogen-bond donors (Lipinski definition) is 2. The van der Waals surface area contributed by atoms with Crippen LogP contribution in [0.3, 0.4) is 0 Å². The summed E-state index contributed by atoms with van der Waals surface area (Å²) in [6.45, 7) is 0.192. The lowest BCUT2D eigenvalue weighted by molar-refractivity contribution is 0.103. The van der Waals surface area contributed by atoms with Crippen molar-refractivity contribution in [3.63, 3.8) is 0 Å². The van der Waals surface area contributed by atoms with Crippen molar-refractivity contribution in [3.05, 3.63) is 102 Å². The number of fused-ring (bicyclic) bond motifs is 1. The minimum Gasteiger partial charge on any atom is -0.506 e. The molecule has 0 unspecified atom stereocenters. The van der Waals surface area contributed by atoms with Gasteiger partial charge in [0.2, 0.25) is 0 Å². The van der Waals surface area contributed by atoms with Gasteiger partial charge in [-0.3, -0.25) is 19.1 Å². The van der Waals surface area contributed by atoms with Crippen molar-refractivity contribution in [2.75, 3.05) is 0 Å². The SMILES string of the molecule is O=C(c1cnc2c(c1)c(=O)[nH]c(=O)n2Cc1ccccc1)c1cc(Cl)cc(Cl)c1O. The Balaban J connectivity index is 1.85. The van der Waals surface area contributed by atoms with E-state index in [1.165, 1.54) is 29.0 Å². The number of hydrogen-bond acceptors (Lipinski definition) is 5. The molecule has 7 nitrogen and oxygen atoms in total. The van der Waals surface area contributed by atoms with Crippen molar-refractivity contribution in [1.29, 1.82) is 0 Å². The fraction of sp³-hybridized carbons (Fsp3) is 0.0476. The molecule has 0 spiro atoms. The Morgan fingerprint density at radius 3 is 2.57 bits per heavy atom. The minimum absolute atomic E-state index is 0.0338. The lowest BCUT2D eigenvalue weighted by Crippen LogP contribution is -2.31. The number of phenols is 1. The van der Waals surface area contributed by atoms with E-state index in [0.717, 1.165) is 5.56 Å². The number of aromatic amines is 1. The molecule has 0 aliphatic heterocycles. The molecule has 9 heteroatoms. The number of rotatable bonds is 4. The smallest absolute Gasteiger partial charge is 0.330 e. The highest BCUT2D eigenvalue weighted by molar-refractivity contribution is 6.36. The van der Waals surface area contributed by atoms with Crippen molar-refractivity contribution in [1.82, 2.24) is 14.5 Å². The fourth-order valence-corrected chi connectivity index (χ4v) is 3.59. The zero-order chi connectivity index (χ0) is 21.4. The van der Waals surface area contributed by atoms with Crippen LogP contribution in [0.15, 0.2) is 64.3 Å². The number of carbonyl (C=O) groups excluding carboxylic acids is 1. The minimum atomic E-state index is -0.671. The molecule has 0 bridgehead atoms. The van der Waals surface area contributed by atoms with E-state index in [9.17, 15) is 19.5 Å². The number of nitrogens with one attached hydrogen (secondary N) is 1. The highest BCUT2D eigenvalue weighted by Gasteiger charge is 2.19. The van der Waals surface area contributed by atoms with Crippen LogP contribution in [0, 0.1) is 0 Å². The first-order valence-electron chi connectivity index (χ1n) is 8.74. The van der Waals surface area contributed by atoms with Gasteiger partial charge in [-0.1, -0.05) is 53.5 Å². The highest BCUT2D eigenvalue weighted by atomic mass is 35.5. The van der Waals surface area contributed by atoms with Crippen LogP contribution in [-0.4, -0.2) is 25.4 Å². The molecule has 2 aromatic heterocycles. The van der Waals surface area contributed by atoms with Gasteiger partial charge in [0.25, 0.3) is 5.56 Å². The molecule has 30 heavy (non-hydrogen) atoms. The fourth-order valence-electron chi connectivity index (χ4n) is 3.10. The lowest BCUT2D eigenvalue weighted by Gasteiger charge is -2.10. The topological polar surface area (TPSA) is 105 Å². The summed E-state index contributed by atoms with van der Waals surface area (Å²) in [5, 5.41) is 10.3. The Hall–Kier alpha value is -3.42. The first-order valence-corrected chi connectivity index (χ1v) is 9.50. The molecular weight excluding hydrogens is 429 g/mol. The molecular formula is C21H13Cl2N3O4. The number of halogens is 2. The zero-order valence-electron chi connectivity index (χ0n) is 15.2. The molecule has 0 saturated carbocycles. The second-order valence-electron chi connectivity index (χ2n) is 6.54. The van der Waals surface area contributed by atoms with Gasteiger partial charge in [-0.15, -0.1) is 0 Å². The third kappa shape index (κ3) is 3.60. The second kappa shape index (κ2) is 7.78. The number of nitrogens with zero attached hydrogens (tertiary/aromatic N) is 2. The van der Waals surface area contributed by atoms with Crippen molar-refractivity contribution in [2.45, 2.75) is 6.54 Å². The Labute approximate surface area is 179 Å². The van der Waals surface area contributed by atoms with Crippen LogP contribution in [0.1, 0.15) is 21.5 Å². The van der Waals surface area contributed by atoms with E-state index in [0.29, 0.717) is 0 Å². The maximum atomic E-state index is 12.9. The highest BCUT2D eigenvalue weighted by Crippen LogP contribution is 2.32. The van der Waals surface area contributed by atoms with E-state index in [2.05, 4.69) is 9.97 Å². The van der Waals surface area contributed by atoms with Gasteiger partial charge in [0.05, 0.1) is 22.5 Å². The zero-order valence-corrected chi connectivity index (χ0v) is 16.7. The molecule has 0 aliphatic rings. The maximum absolute atomic E-state index is 12.9. The molecule has 4 aromatic rings. The van der Waals surface area contributed by atoms with Crippen molar-refractivity contribution >= 4 is 40.0 Å². The molecule has 0 saturated heterocycles. The molecule has 0 amide bonds. The summed E-state index contributed by atoms with van der Waals surface area (Å²) in [6, 6.07) is 13.1. The maximum Gasteiger partial charge on any atom is 0.330 e. The van der Waals surface area contributed by atoms with Gasteiger partial charge < -0.3 is 5.11 Å². The summed E-state index contributed by atoms with van der Waals surface area (Å²) >= 11 is 11.8. The normalized spacial score (nSPS) is 11.0. The average Bonchev–Trinajstić information content (AvgIpc) is 2.73. The number of aromatic nitrogens is 3. The summed E-state index contributed by atoms with van der Waals surface area (Å²) in [4.78, 5) is 44.0. The van der Waals surface area contributed by atoms with Crippen LogP contribution in [-0.2, 0) is 6.54 Å². The van der Waals surface area contributed by atoms with Gasteiger partial charge in [-0.05, 0) is 23.8 Å². The number of benzene rings is 2. The van der Waals surface area contributed by atoms with E-state index in [-0.39, 0.29) is 38.8 Å². The van der Waals surface area contributed by atoms with E-state index < -0.39 is 22.8 Å². The van der Waals surface area contributed by atoms with Crippen molar-refractivity contribution in [2.24, 2.45) is 0 Å². The third-order valence-corrected chi connectivity index (χ3v) is 5.06. The van der Waals surface area contributed by atoms with Crippen LogP contribution >= 0.6 is 23.2 Å². The van der Waals surface area contributed by atoms with E-state index in [1.54, 1.807) is 0 Å². The summed E-state index contributed by atoms with van der Waals surface area (Å²) in [6.07, 6.45) is 1.24. The molecule has 2 aromatic carbocycles. The number of ketones is 1. The van der Waals surface area contributed by atoms with Crippen LogP contribution in [0.5, 0.6) is 5.75 Å². The third-order valence-electron chi connectivity index (χ3n) is 4.55. The van der Waals surface area contributed by atoms with E-state index in [4.69, 9.17) is 23.2 Å². The quantitative estimate of drug-likeness (QED) is 0.472. The summed E-state index contributed by atoms with van der Waals surface area (Å²) in [5.74, 6) is -1.04. The predicted octanol–water partition coefficient (Wildman–Crippen LogP) is 3.38. The Kier molecular flexibility index (Phi) is 5.15. The molecule has 0 aliphatic carbocycles. The summed E-state index contributed by atoms with van der Waals surface area (Å²) < 4.78 is 1.31. The standard InChI is InChI=1S/C21H13Cl2N3O4/c22-13-7-14(18(28)16(23)8-13)17(27)12-6-15-19(24-9-12)26(21(30)25-20(15)29)10-11-4-2-1-3-5-11/h1-9,28H,10H2,(H,25,29,30). The molecule has 2 heterocycles. The molecule has 0 fully saturated rings. The second-order valence-corrected chi connectivity index (χ2v) is 7.38. The molecule has 0 atom stereocenters. The van der Waals surface area contributed by atoms with Gasteiger partial charge >= 0.3 is 5.69 Å². The van der Waals surface area contributed by atoms with Crippen molar-refractivity contribution < 1.29 is 9.90 Å².